The summed E-state index contributed by atoms with van der Waals surface area (Å²) >= 11 is 0.379. The molecule has 0 aliphatic rings. The van der Waals surface area contributed by atoms with Gasteiger partial charge in [0.05, 0.1) is 9.75 Å². The minimum Gasteiger partial charge on any atom is -0.506 e. The van der Waals surface area contributed by atoms with Gasteiger partial charge in [0.25, 0.3) is 11.6 Å². The van der Waals surface area contributed by atoms with Crippen molar-refractivity contribution in [2.24, 2.45) is 0 Å². The minimum atomic E-state index is -5.20. The van der Waals surface area contributed by atoms with Crippen molar-refractivity contribution >= 4 is 34.4 Å². The normalized spacial score (nSPS) is 14.0. The highest BCUT2D eigenvalue weighted by molar-refractivity contribution is 7.14. The van der Waals surface area contributed by atoms with Crippen LogP contribution in [0.3, 0.4) is 0 Å². The Bertz CT molecular complexity index is 624. The number of aliphatic hydroxyl groups excluding tert-OH is 2. The van der Waals surface area contributed by atoms with Gasteiger partial charge in [0.15, 0.2) is 0 Å². The summed E-state index contributed by atoms with van der Waals surface area (Å²) in [6, 6.07) is 1.91. The molecule has 0 radical (unpaired) electrons. The first-order valence-electron chi connectivity index (χ1n) is 5.46. The number of rotatable bonds is 4. The smallest absolute Gasteiger partial charge is 0.454 e. The van der Waals surface area contributed by atoms with Crippen LogP contribution in [0, 0.1) is 0 Å². The molecule has 126 valence electrons. The molecule has 0 aromatic carbocycles. The van der Waals surface area contributed by atoms with E-state index in [1.807, 2.05) is 0 Å². The Hall–Kier alpha value is -2.30. The Kier molecular flexibility index (Phi) is 5.25. The number of carbonyl (C=O) groups is 2. The van der Waals surface area contributed by atoms with Crippen LogP contribution in [0.15, 0.2) is 24.3 Å². The van der Waals surface area contributed by atoms with Crippen molar-refractivity contribution < 1.29 is 46.1 Å². The van der Waals surface area contributed by atoms with E-state index in [4.69, 9.17) is 0 Å². The van der Waals surface area contributed by atoms with Crippen LogP contribution in [-0.4, -0.2) is 34.1 Å². The molecule has 1 aromatic rings. The van der Waals surface area contributed by atoms with E-state index in [2.05, 4.69) is 0 Å². The van der Waals surface area contributed by atoms with E-state index in [9.17, 15) is 46.1 Å². The van der Waals surface area contributed by atoms with Gasteiger partial charge in [0, 0.05) is 12.2 Å². The van der Waals surface area contributed by atoms with E-state index >= 15 is 0 Å². The van der Waals surface area contributed by atoms with Gasteiger partial charge in [-0.15, -0.1) is 11.3 Å². The molecule has 0 aliphatic heterocycles. The Morgan fingerprint density at radius 2 is 1.13 bits per heavy atom. The van der Waals surface area contributed by atoms with E-state index in [0.29, 0.717) is 11.3 Å². The van der Waals surface area contributed by atoms with Gasteiger partial charge in [-0.2, -0.15) is 26.3 Å². The summed E-state index contributed by atoms with van der Waals surface area (Å²) in [5.41, 5.74) is 0. The van der Waals surface area contributed by atoms with Gasteiger partial charge >= 0.3 is 12.4 Å². The number of aliphatic hydroxyl groups is 2. The zero-order valence-corrected chi connectivity index (χ0v) is 11.5. The van der Waals surface area contributed by atoms with E-state index in [1.165, 1.54) is 0 Å². The van der Waals surface area contributed by atoms with E-state index in [1.54, 1.807) is 0 Å². The molecule has 11 heteroatoms. The van der Waals surface area contributed by atoms with Crippen molar-refractivity contribution in [3.8, 4) is 0 Å². The number of hydrogen-bond donors (Lipinski definition) is 2. The summed E-state index contributed by atoms with van der Waals surface area (Å²) in [5.74, 6) is -6.84. The lowest BCUT2D eigenvalue weighted by molar-refractivity contribution is -0.165. The Morgan fingerprint density at radius 3 is 1.39 bits per heavy atom. The van der Waals surface area contributed by atoms with Crippen molar-refractivity contribution in [3.63, 3.8) is 0 Å². The summed E-state index contributed by atoms with van der Waals surface area (Å²) in [4.78, 5) is 20.7. The lowest BCUT2D eigenvalue weighted by Crippen LogP contribution is -2.20. The molecule has 0 amide bonds. The average molecular weight is 360 g/mol. The predicted molar refractivity (Wildman–Crippen MR) is 67.7 cm³/mol. The largest absolute Gasteiger partial charge is 0.506 e. The van der Waals surface area contributed by atoms with Gasteiger partial charge < -0.3 is 10.2 Å². The first-order chi connectivity index (χ1) is 10.3. The van der Waals surface area contributed by atoms with Crippen molar-refractivity contribution in [1.29, 1.82) is 0 Å². The molecule has 4 nitrogen and oxygen atoms in total. The molecule has 1 rings (SSSR count). The Balaban J connectivity index is 3.03. The second-order valence-corrected chi connectivity index (χ2v) is 5.03. The van der Waals surface area contributed by atoms with E-state index in [-0.39, 0.29) is 21.9 Å². The topological polar surface area (TPSA) is 74.6 Å². The Labute approximate surface area is 128 Å². The molecule has 2 N–H and O–H groups in total. The number of alkyl halides is 6. The molecular weight excluding hydrogens is 354 g/mol. The number of halogens is 6. The summed E-state index contributed by atoms with van der Waals surface area (Å²) in [6.45, 7) is 0. The standard InChI is InChI=1S/C12H6F6O4S/c13-11(14,15)9(21)3-5(19)7-1-2-8(23-7)6(20)4-10(22)12(16,17)18/h1-4,19-20H/b5-3-,6-4-. The monoisotopic (exact) mass is 360 g/mol. The summed E-state index contributed by atoms with van der Waals surface area (Å²) in [6.07, 6.45) is -10.6. The number of allylic oxidation sites excluding steroid dienone is 2. The van der Waals surface area contributed by atoms with Gasteiger partial charge in [-0.3, -0.25) is 9.59 Å². The maximum absolute atomic E-state index is 12.0. The first-order valence-corrected chi connectivity index (χ1v) is 6.28. The molecule has 0 saturated carbocycles. The van der Waals surface area contributed by atoms with Crippen LogP contribution < -0.4 is 0 Å². The number of ketones is 2. The van der Waals surface area contributed by atoms with Crippen LogP contribution in [0.2, 0.25) is 0 Å². The second kappa shape index (κ2) is 6.44. The lowest BCUT2D eigenvalue weighted by Gasteiger charge is -2.01. The highest BCUT2D eigenvalue weighted by atomic mass is 32.1. The van der Waals surface area contributed by atoms with Crippen molar-refractivity contribution in [2.75, 3.05) is 0 Å². The third kappa shape index (κ3) is 5.13. The predicted octanol–water partition coefficient (Wildman–Crippen LogP) is 3.81. The summed E-state index contributed by atoms with van der Waals surface area (Å²) < 4.78 is 72.1. The molecular formula is C12H6F6O4S. The van der Waals surface area contributed by atoms with Gasteiger partial charge in [0.2, 0.25) is 0 Å². The fourth-order valence-corrected chi connectivity index (χ4v) is 2.00. The maximum Gasteiger partial charge on any atom is 0.454 e. The van der Waals surface area contributed by atoms with Crippen LogP contribution >= 0.6 is 11.3 Å². The zero-order chi connectivity index (χ0) is 18.0. The second-order valence-electron chi connectivity index (χ2n) is 3.95. The third-order valence-electron chi connectivity index (χ3n) is 2.21. The highest BCUT2D eigenvalue weighted by Gasteiger charge is 2.38. The molecule has 0 spiro atoms. The van der Waals surface area contributed by atoms with Crippen molar-refractivity contribution in [1.82, 2.24) is 0 Å². The average Bonchev–Trinajstić information content (AvgIpc) is 2.85. The van der Waals surface area contributed by atoms with Crippen molar-refractivity contribution in [2.45, 2.75) is 12.4 Å². The SMILES string of the molecule is O=C(/C=C(\O)c1ccc(/C(O)=C/C(=O)C(F)(F)F)s1)C(F)(F)F. The fourth-order valence-electron chi connectivity index (χ4n) is 1.17. The van der Waals surface area contributed by atoms with Crippen LogP contribution in [0.1, 0.15) is 9.75 Å². The minimum absolute atomic E-state index is 0.114. The molecule has 1 heterocycles. The molecule has 0 fully saturated rings. The van der Waals surface area contributed by atoms with Gasteiger partial charge in [-0.1, -0.05) is 0 Å². The van der Waals surface area contributed by atoms with Gasteiger partial charge in [-0.05, 0) is 12.1 Å². The molecule has 23 heavy (non-hydrogen) atoms. The molecule has 0 saturated heterocycles. The molecule has 0 unspecified atom stereocenters. The van der Waals surface area contributed by atoms with E-state index in [0.717, 1.165) is 12.1 Å². The summed E-state index contributed by atoms with van der Waals surface area (Å²) in [5, 5.41) is 18.7. The van der Waals surface area contributed by atoms with Crippen molar-refractivity contribution in [3.05, 3.63) is 34.0 Å². The summed E-state index contributed by atoms with van der Waals surface area (Å²) in [7, 11) is 0. The van der Waals surface area contributed by atoms with Gasteiger partial charge in [-0.25, -0.2) is 0 Å². The quantitative estimate of drug-likeness (QED) is 0.487. The zero-order valence-electron chi connectivity index (χ0n) is 10.7. The molecule has 0 bridgehead atoms. The third-order valence-corrected chi connectivity index (χ3v) is 3.34. The number of carbonyl (C=O) groups excluding carboxylic acids is 2. The van der Waals surface area contributed by atoms with Crippen LogP contribution in [0.5, 0.6) is 0 Å². The van der Waals surface area contributed by atoms with E-state index < -0.39 is 35.4 Å². The van der Waals surface area contributed by atoms with Gasteiger partial charge in [0.1, 0.15) is 11.5 Å². The number of hydrogen-bond acceptors (Lipinski definition) is 5. The highest BCUT2D eigenvalue weighted by Crippen LogP contribution is 2.29. The van der Waals surface area contributed by atoms with Crippen LogP contribution in [0.25, 0.3) is 11.5 Å². The van der Waals surface area contributed by atoms with Crippen LogP contribution in [-0.2, 0) is 9.59 Å². The maximum atomic E-state index is 12.0. The fraction of sp³-hybridized carbons (Fsp3) is 0.167. The number of thiophene rings is 1. The molecule has 1 aromatic heterocycles. The molecule has 0 aliphatic carbocycles. The lowest BCUT2D eigenvalue weighted by atomic mass is 10.2. The Morgan fingerprint density at radius 1 is 0.826 bits per heavy atom. The van der Waals surface area contributed by atoms with Crippen LogP contribution in [0.4, 0.5) is 26.3 Å². The molecule has 0 atom stereocenters. The first kappa shape index (κ1) is 18.7.